The number of amides is 6. The van der Waals surface area contributed by atoms with E-state index < -0.39 is 78.4 Å². The van der Waals surface area contributed by atoms with Crippen LogP contribution in [0.1, 0.15) is 108 Å². The average molecular weight is 714 g/mol. The summed E-state index contributed by atoms with van der Waals surface area (Å²) in [7, 11) is 1.52. The second-order valence-electron chi connectivity index (χ2n) is 15.2. The molecule has 0 aliphatic rings. The van der Waals surface area contributed by atoms with E-state index in [4.69, 9.17) is 0 Å². The van der Waals surface area contributed by atoms with Crippen LogP contribution in [0, 0.1) is 29.6 Å². The molecule has 0 fully saturated rings. The van der Waals surface area contributed by atoms with E-state index in [9.17, 15) is 39.0 Å². The van der Waals surface area contributed by atoms with E-state index in [0.717, 1.165) is 0 Å². The molecule has 0 saturated carbocycles. The maximum atomic E-state index is 13.5. The number of hydrogen-bond acceptors (Lipinski definition) is 9. The highest BCUT2D eigenvalue weighted by molar-refractivity contribution is 5.92. The van der Waals surface area contributed by atoms with Crippen LogP contribution < -0.4 is 37.4 Å². The minimum absolute atomic E-state index is 0.0239. The van der Waals surface area contributed by atoms with E-state index in [1.165, 1.54) is 14.0 Å². The molecule has 0 aromatic carbocycles. The third-order valence-electron chi connectivity index (χ3n) is 7.97. The van der Waals surface area contributed by atoms with Crippen LogP contribution in [0.15, 0.2) is 0 Å². The van der Waals surface area contributed by atoms with Gasteiger partial charge in [-0.25, -0.2) is 5.43 Å². The highest BCUT2D eigenvalue weighted by Crippen LogP contribution is 2.15. The fraction of sp³-hybridized carbons (Fsp3) is 0.829. The molecule has 6 amide bonds. The van der Waals surface area contributed by atoms with Gasteiger partial charge >= 0.3 is 0 Å². The van der Waals surface area contributed by atoms with Crippen LogP contribution in [0.4, 0.5) is 0 Å². The Balaban J connectivity index is 5.61. The van der Waals surface area contributed by atoms with E-state index in [1.54, 1.807) is 27.7 Å². The smallest absolute Gasteiger partial charge is 0.243 e. The van der Waals surface area contributed by atoms with Gasteiger partial charge in [-0.3, -0.25) is 34.2 Å². The lowest BCUT2D eigenvalue weighted by Gasteiger charge is -2.31. The third kappa shape index (κ3) is 18.6. The molecule has 7 atom stereocenters. The van der Waals surface area contributed by atoms with Gasteiger partial charge in [-0.2, -0.15) is 0 Å². The first-order chi connectivity index (χ1) is 23.1. The Labute approximate surface area is 299 Å². The van der Waals surface area contributed by atoms with Crippen molar-refractivity contribution in [3.8, 4) is 0 Å². The molecule has 290 valence electrons. The van der Waals surface area contributed by atoms with E-state index in [-0.39, 0.29) is 48.3 Å². The Morgan fingerprint density at radius 3 is 1.30 bits per heavy atom. The maximum Gasteiger partial charge on any atom is 0.243 e. The lowest BCUT2D eigenvalue weighted by Crippen LogP contribution is -2.59. The summed E-state index contributed by atoms with van der Waals surface area (Å²) in [5.41, 5.74) is 4.87. The maximum absolute atomic E-state index is 13.5. The van der Waals surface area contributed by atoms with Gasteiger partial charge in [0.05, 0.1) is 37.1 Å². The summed E-state index contributed by atoms with van der Waals surface area (Å²) in [6, 6.07) is -4.46. The fourth-order valence-corrected chi connectivity index (χ4v) is 5.36. The molecule has 0 saturated heterocycles. The average Bonchev–Trinajstić information content (AvgIpc) is 2.96. The molecule has 50 heavy (non-hydrogen) atoms. The zero-order valence-corrected chi connectivity index (χ0v) is 32.3. The molecule has 0 heterocycles. The third-order valence-corrected chi connectivity index (χ3v) is 7.97. The van der Waals surface area contributed by atoms with Gasteiger partial charge in [-0.15, -0.1) is 0 Å². The van der Waals surface area contributed by atoms with E-state index in [0.29, 0.717) is 12.8 Å². The van der Waals surface area contributed by atoms with Gasteiger partial charge < -0.3 is 36.8 Å². The molecule has 0 rings (SSSR count). The number of carbonyl (C=O) groups excluding carboxylic acids is 6. The molecular formula is C35H67N7O8. The summed E-state index contributed by atoms with van der Waals surface area (Å²) in [6.07, 6.45) is -2.19. The molecule has 0 aromatic rings. The molecule has 9 N–H and O–H groups in total. The van der Waals surface area contributed by atoms with Crippen molar-refractivity contribution in [3.63, 3.8) is 0 Å². The summed E-state index contributed by atoms with van der Waals surface area (Å²) in [5, 5.41) is 35.4. The van der Waals surface area contributed by atoms with Gasteiger partial charge in [-0.1, -0.05) is 69.2 Å². The van der Waals surface area contributed by atoms with E-state index in [1.807, 2.05) is 41.5 Å². The molecule has 0 spiro atoms. The summed E-state index contributed by atoms with van der Waals surface area (Å²) < 4.78 is 0. The lowest BCUT2D eigenvalue weighted by atomic mass is 9.95. The number of nitrogens with one attached hydrogen (secondary N) is 7. The zero-order valence-electron chi connectivity index (χ0n) is 32.3. The molecule has 15 heteroatoms. The second kappa shape index (κ2) is 23.2. The topological polar surface area (TPSA) is 227 Å². The lowest BCUT2D eigenvalue weighted by molar-refractivity contribution is -0.134. The number of aliphatic hydroxyl groups excluding tert-OH is 2. The van der Waals surface area contributed by atoms with Crippen LogP contribution in [0.5, 0.6) is 0 Å². The molecule has 0 aliphatic heterocycles. The standard InChI is InChI=1S/C35H67N7O8/c1-18(2)13-24(27(44)17-30(47)42-36-12)38-33(48)23(11)37-29(46)16-26(43)25(14-19(3)4)39-34(49)32(22(9)10)41-35(50)31(21(7)8)40-28(45)15-20(5)6/h18-27,31-32,36,43-44H,13-17H2,1-12H3,(H,37,46)(H,38,48)(H,39,49)(H,40,45)(H,41,50)(H,42,47)/t23-,24-,25-,26-,27-,31-,32-/m0/s1. The Bertz CT molecular complexity index is 1100. The highest BCUT2D eigenvalue weighted by atomic mass is 16.3. The fourth-order valence-electron chi connectivity index (χ4n) is 5.36. The number of hydrogen-bond donors (Lipinski definition) is 9. The summed E-state index contributed by atoms with van der Waals surface area (Å²) in [6.45, 7) is 20.0. The molecule has 0 bridgehead atoms. The molecule has 0 unspecified atom stereocenters. The first-order valence-electron chi connectivity index (χ1n) is 17.9. The van der Waals surface area contributed by atoms with Crippen molar-refractivity contribution in [1.82, 2.24) is 37.4 Å². The van der Waals surface area contributed by atoms with Crippen molar-refractivity contribution in [2.45, 2.75) is 151 Å². The first kappa shape index (κ1) is 46.7. The quantitative estimate of drug-likeness (QED) is 0.0676. The number of rotatable bonds is 23. The van der Waals surface area contributed by atoms with Gasteiger partial charge in [0.1, 0.15) is 18.1 Å². The summed E-state index contributed by atoms with van der Waals surface area (Å²) in [4.78, 5) is 77.2. The largest absolute Gasteiger partial charge is 0.390 e. The van der Waals surface area contributed by atoms with Crippen LogP contribution >= 0.6 is 0 Å². The van der Waals surface area contributed by atoms with Crippen molar-refractivity contribution >= 4 is 35.4 Å². The van der Waals surface area contributed by atoms with Crippen LogP contribution in [-0.2, 0) is 28.8 Å². The van der Waals surface area contributed by atoms with Gasteiger partial charge in [0.15, 0.2) is 0 Å². The zero-order chi connectivity index (χ0) is 38.9. The van der Waals surface area contributed by atoms with Crippen LogP contribution in [0.3, 0.4) is 0 Å². The second-order valence-corrected chi connectivity index (χ2v) is 15.2. The number of hydrazine groups is 1. The van der Waals surface area contributed by atoms with Crippen LogP contribution in [-0.4, -0.2) is 95.1 Å². The minimum atomic E-state index is -1.32. The highest BCUT2D eigenvalue weighted by Gasteiger charge is 2.34. The number of carbonyl (C=O) groups is 6. The Hall–Kier alpha value is -3.30. The van der Waals surface area contributed by atoms with Gasteiger partial charge in [0.2, 0.25) is 35.4 Å². The Morgan fingerprint density at radius 2 is 0.880 bits per heavy atom. The monoisotopic (exact) mass is 714 g/mol. The molecule has 0 aliphatic carbocycles. The molecule has 15 nitrogen and oxygen atoms in total. The minimum Gasteiger partial charge on any atom is -0.390 e. The van der Waals surface area contributed by atoms with Crippen molar-refractivity contribution in [3.05, 3.63) is 0 Å². The van der Waals surface area contributed by atoms with Crippen LogP contribution in [0.2, 0.25) is 0 Å². The van der Waals surface area contributed by atoms with Gasteiger partial charge in [-0.05, 0) is 49.4 Å². The van der Waals surface area contributed by atoms with Gasteiger partial charge in [0, 0.05) is 13.5 Å². The van der Waals surface area contributed by atoms with Crippen molar-refractivity contribution < 1.29 is 39.0 Å². The van der Waals surface area contributed by atoms with Crippen molar-refractivity contribution in [2.24, 2.45) is 29.6 Å². The van der Waals surface area contributed by atoms with E-state index in [2.05, 4.69) is 37.4 Å². The molecule has 0 aromatic heterocycles. The van der Waals surface area contributed by atoms with Crippen molar-refractivity contribution in [1.29, 1.82) is 0 Å². The Morgan fingerprint density at radius 1 is 0.480 bits per heavy atom. The number of aliphatic hydroxyl groups is 2. The van der Waals surface area contributed by atoms with Gasteiger partial charge in [0.25, 0.3) is 0 Å². The summed E-state index contributed by atoms with van der Waals surface area (Å²) in [5.74, 6) is -3.31. The SMILES string of the molecule is CNNC(=O)C[C@H](O)[C@H](CC(C)C)NC(=O)[C@H](C)NC(=O)C[C@H](O)[C@H](CC(C)C)NC(=O)[C@@H](NC(=O)[C@@H](NC(=O)CC(C)C)C(C)C)C(C)C. The van der Waals surface area contributed by atoms with Crippen molar-refractivity contribution in [2.75, 3.05) is 7.05 Å². The summed E-state index contributed by atoms with van der Waals surface area (Å²) >= 11 is 0. The normalized spacial score (nSPS) is 15.9. The predicted molar refractivity (Wildman–Crippen MR) is 192 cm³/mol. The van der Waals surface area contributed by atoms with Crippen LogP contribution in [0.25, 0.3) is 0 Å². The first-order valence-corrected chi connectivity index (χ1v) is 17.9. The predicted octanol–water partition coefficient (Wildman–Crippen LogP) is 0.633. The Kier molecular flexibility index (Phi) is 21.7. The molecule has 0 radical (unpaired) electrons. The molecular weight excluding hydrogens is 646 g/mol. The van der Waals surface area contributed by atoms with E-state index >= 15 is 0 Å².